The fourth-order valence-electron chi connectivity index (χ4n) is 3.48. The van der Waals surface area contributed by atoms with Crippen LogP contribution in [0.25, 0.3) is 24.3 Å². The van der Waals surface area contributed by atoms with Crippen molar-refractivity contribution in [3.63, 3.8) is 0 Å². The van der Waals surface area contributed by atoms with E-state index >= 15 is 0 Å². The van der Waals surface area contributed by atoms with Gasteiger partial charge in [-0.1, -0.05) is 36.4 Å². The number of benzene rings is 3. The van der Waals surface area contributed by atoms with Gasteiger partial charge in [-0.05, 0) is 60.5 Å². The van der Waals surface area contributed by atoms with E-state index in [9.17, 15) is 25.0 Å². The van der Waals surface area contributed by atoms with E-state index in [1.807, 2.05) is 0 Å². The molecule has 0 aliphatic carbocycles. The second kappa shape index (κ2) is 11.5. The summed E-state index contributed by atoms with van der Waals surface area (Å²) in [6.45, 7) is 1.49. The first kappa shape index (κ1) is 25.6. The molecule has 0 aliphatic rings. The summed E-state index contributed by atoms with van der Waals surface area (Å²) in [5, 5.41) is 25.3. The molecule has 0 saturated heterocycles. The molecule has 3 aromatic carbocycles. The molecular weight excluding hydrogens is 486 g/mol. The molecule has 4 rings (SSSR count). The summed E-state index contributed by atoms with van der Waals surface area (Å²) in [6.07, 6.45) is 6.81. The van der Waals surface area contributed by atoms with Crippen LogP contribution in [0.4, 0.5) is 23.0 Å². The van der Waals surface area contributed by atoms with Gasteiger partial charge in [0.15, 0.2) is 5.78 Å². The van der Waals surface area contributed by atoms with E-state index in [2.05, 4.69) is 15.3 Å². The van der Waals surface area contributed by atoms with Crippen LogP contribution in [0.5, 0.6) is 0 Å². The zero-order chi connectivity index (χ0) is 27.1. The Hall–Kier alpha value is -5.51. The molecule has 1 N–H and O–H groups in total. The van der Waals surface area contributed by atoms with E-state index in [4.69, 9.17) is 0 Å². The molecule has 10 nitrogen and oxygen atoms in total. The number of ketones is 1. The third-order valence-electron chi connectivity index (χ3n) is 5.37. The number of anilines is 2. The maximum absolute atomic E-state index is 11.6. The van der Waals surface area contributed by atoms with Crippen LogP contribution in [0.15, 0.2) is 78.9 Å². The zero-order valence-corrected chi connectivity index (χ0v) is 20.1. The largest absolute Gasteiger partial charge is 0.324 e. The predicted octanol–water partition coefficient (Wildman–Crippen LogP) is 6.58. The molecule has 0 saturated carbocycles. The van der Waals surface area contributed by atoms with E-state index < -0.39 is 9.85 Å². The first-order valence-electron chi connectivity index (χ1n) is 11.4. The lowest BCUT2D eigenvalue weighted by molar-refractivity contribution is -0.385. The number of non-ortho nitro benzene ring substituents is 2. The number of hydrogen-bond acceptors (Lipinski definition) is 8. The second-order valence-corrected chi connectivity index (χ2v) is 8.17. The summed E-state index contributed by atoms with van der Waals surface area (Å²) in [4.78, 5) is 41.8. The Kier molecular flexibility index (Phi) is 7.73. The van der Waals surface area contributed by atoms with Crippen LogP contribution in [0, 0.1) is 20.2 Å². The monoisotopic (exact) mass is 507 g/mol. The Balaban J connectivity index is 1.67. The van der Waals surface area contributed by atoms with Crippen LogP contribution in [0.1, 0.15) is 39.8 Å². The van der Waals surface area contributed by atoms with Gasteiger partial charge in [0.05, 0.1) is 21.2 Å². The highest BCUT2D eigenvalue weighted by Gasteiger charge is 2.07. The molecule has 188 valence electrons. The average molecular weight is 508 g/mol. The van der Waals surface area contributed by atoms with Gasteiger partial charge in [-0.25, -0.2) is 9.97 Å². The minimum absolute atomic E-state index is 0.0215. The maximum atomic E-state index is 11.6. The Morgan fingerprint density at radius 2 is 1.24 bits per heavy atom. The maximum Gasteiger partial charge on any atom is 0.270 e. The number of nitro groups is 2. The van der Waals surface area contributed by atoms with Crippen LogP contribution in [0.2, 0.25) is 0 Å². The number of nitro benzene ring substituents is 2. The standard InChI is InChI=1S/C28H21N5O5/c1-19(34)22-10-14-23(15-11-22)29-28-30-24(12-8-20-4-2-6-26(16-20)32(35)36)18-25(31-28)13-9-21-5-3-7-27(17-21)33(37)38/h2-18H,1H3,(H,29,30,31)/b12-8+,13-9+. The van der Waals surface area contributed by atoms with Gasteiger partial charge in [0.1, 0.15) is 0 Å². The van der Waals surface area contributed by atoms with Gasteiger partial charge >= 0.3 is 0 Å². The number of carbonyl (C=O) groups is 1. The molecule has 4 aromatic rings. The summed E-state index contributed by atoms with van der Waals surface area (Å²) < 4.78 is 0. The molecular formula is C28H21N5O5. The highest BCUT2D eigenvalue weighted by atomic mass is 16.6. The van der Waals surface area contributed by atoms with E-state index in [0.717, 1.165) is 0 Å². The van der Waals surface area contributed by atoms with Gasteiger partial charge in [0.2, 0.25) is 5.95 Å². The van der Waals surface area contributed by atoms with Crippen molar-refractivity contribution in [1.29, 1.82) is 0 Å². The first-order valence-corrected chi connectivity index (χ1v) is 11.4. The molecule has 0 bridgehead atoms. The number of nitrogens with zero attached hydrogens (tertiary/aromatic N) is 4. The van der Waals surface area contributed by atoms with Crippen LogP contribution in [0.3, 0.4) is 0 Å². The molecule has 0 unspecified atom stereocenters. The van der Waals surface area contributed by atoms with Crippen LogP contribution in [-0.4, -0.2) is 25.6 Å². The topological polar surface area (TPSA) is 141 Å². The Morgan fingerprint density at radius 3 is 1.68 bits per heavy atom. The summed E-state index contributed by atoms with van der Waals surface area (Å²) in [6, 6.07) is 21.0. The molecule has 0 aliphatic heterocycles. The highest BCUT2D eigenvalue weighted by molar-refractivity contribution is 5.94. The molecule has 1 aromatic heterocycles. The Bertz CT molecular complexity index is 1490. The normalized spacial score (nSPS) is 11.1. The second-order valence-electron chi connectivity index (χ2n) is 8.17. The third-order valence-corrected chi connectivity index (χ3v) is 5.37. The van der Waals surface area contributed by atoms with Crippen molar-refractivity contribution < 1.29 is 14.6 Å². The average Bonchev–Trinajstić information content (AvgIpc) is 2.91. The van der Waals surface area contributed by atoms with E-state index in [-0.39, 0.29) is 23.1 Å². The minimum atomic E-state index is -0.460. The zero-order valence-electron chi connectivity index (χ0n) is 20.1. The molecule has 10 heteroatoms. The fraction of sp³-hybridized carbons (Fsp3) is 0.0357. The summed E-state index contributed by atoms with van der Waals surface area (Å²) in [5.41, 5.74) is 3.50. The smallest absolute Gasteiger partial charge is 0.270 e. The van der Waals surface area contributed by atoms with E-state index in [1.165, 1.54) is 31.2 Å². The fourth-order valence-corrected chi connectivity index (χ4v) is 3.48. The molecule has 0 atom stereocenters. The highest BCUT2D eigenvalue weighted by Crippen LogP contribution is 2.20. The molecule has 0 radical (unpaired) electrons. The minimum Gasteiger partial charge on any atom is -0.324 e. The van der Waals surface area contributed by atoms with Gasteiger partial charge in [-0.3, -0.25) is 25.0 Å². The molecule has 0 amide bonds. The van der Waals surface area contributed by atoms with E-state index in [0.29, 0.717) is 33.8 Å². The van der Waals surface area contributed by atoms with Gasteiger partial charge in [0, 0.05) is 35.5 Å². The Morgan fingerprint density at radius 1 is 0.737 bits per heavy atom. The van der Waals surface area contributed by atoms with Crippen LogP contribution < -0.4 is 5.32 Å². The lowest BCUT2D eigenvalue weighted by Crippen LogP contribution is -2.01. The van der Waals surface area contributed by atoms with Crippen LogP contribution in [-0.2, 0) is 0 Å². The number of nitrogens with one attached hydrogen (secondary N) is 1. The first-order chi connectivity index (χ1) is 18.3. The SMILES string of the molecule is CC(=O)c1ccc(Nc2nc(/C=C/c3cccc([N+](=O)[O-])c3)cc(/C=C/c3cccc([N+](=O)[O-])c3)n2)cc1. The molecule has 0 fully saturated rings. The van der Waals surface area contributed by atoms with Crippen molar-refractivity contribution in [2.24, 2.45) is 0 Å². The Labute approximate surface area is 217 Å². The van der Waals surface area contributed by atoms with Crippen molar-refractivity contribution >= 4 is 53.1 Å². The quantitative estimate of drug-likeness (QED) is 0.152. The molecule has 0 spiro atoms. The molecule has 1 heterocycles. The predicted molar refractivity (Wildman–Crippen MR) is 146 cm³/mol. The third kappa shape index (κ3) is 6.79. The van der Waals surface area contributed by atoms with Crippen molar-refractivity contribution in [3.05, 3.63) is 127 Å². The number of Topliss-reactive ketones (excluding diaryl/α,β-unsaturated/α-hetero) is 1. The van der Waals surface area contributed by atoms with Crippen molar-refractivity contribution in [3.8, 4) is 0 Å². The van der Waals surface area contributed by atoms with Gasteiger partial charge < -0.3 is 5.32 Å². The number of aromatic nitrogens is 2. The lowest BCUT2D eigenvalue weighted by Gasteiger charge is -2.08. The lowest BCUT2D eigenvalue weighted by atomic mass is 10.1. The van der Waals surface area contributed by atoms with Crippen molar-refractivity contribution in [2.75, 3.05) is 5.32 Å². The number of rotatable bonds is 9. The van der Waals surface area contributed by atoms with Crippen LogP contribution >= 0.6 is 0 Å². The summed E-state index contributed by atoms with van der Waals surface area (Å²) in [7, 11) is 0. The van der Waals surface area contributed by atoms with Crippen molar-refractivity contribution in [1.82, 2.24) is 9.97 Å². The summed E-state index contributed by atoms with van der Waals surface area (Å²) >= 11 is 0. The van der Waals surface area contributed by atoms with Crippen molar-refractivity contribution in [2.45, 2.75) is 6.92 Å². The van der Waals surface area contributed by atoms with Gasteiger partial charge in [0.25, 0.3) is 11.4 Å². The van der Waals surface area contributed by atoms with Gasteiger partial charge in [-0.15, -0.1) is 0 Å². The van der Waals surface area contributed by atoms with E-state index in [1.54, 1.807) is 78.9 Å². The molecule has 38 heavy (non-hydrogen) atoms. The number of carbonyl (C=O) groups excluding carboxylic acids is 1. The van der Waals surface area contributed by atoms with Gasteiger partial charge in [-0.2, -0.15) is 0 Å². The number of hydrogen-bond donors (Lipinski definition) is 1. The summed E-state index contributed by atoms with van der Waals surface area (Å²) in [5.74, 6) is 0.232.